The summed E-state index contributed by atoms with van der Waals surface area (Å²) in [5, 5.41) is 11.0. The number of hydrogen-bond donors (Lipinski definition) is 0. The number of ether oxygens (including phenoxy) is 1. The molecule has 1 aliphatic heterocycles. The zero-order valence-corrected chi connectivity index (χ0v) is 13.9. The standard InChI is InChI=1S/C16H12Cl2N2O3/c1-16(2)8-19-14-4-3-10(7-11(14)16)23-15-12(17)5-9(20(21)22)6-13(15)18/h3-8H,1-2H3. The number of benzene rings is 2. The van der Waals surface area contributed by atoms with Crippen LogP contribution in [0.3, 0.4) is 0 Å². The molecular weight excluding hydrogens is 339 g/mol. The van der Waals surface area contributed by atoms with E-state index in [2.05, 4.69) is 18.8 Å². The number of nitro benzene ring substituents is 1. The predicted octanol–water partition coefficient (Wildman–Crippen LogP) is 5.69. The van der Waals surface area contributed by atoms with Crippen molar-refractivity contribution in [2.24, 2.45) is 4.99 Å². The van der Waals surface area contributed by atoms with Gasteiger partial charge < -0.3 is 4.74 Å². The molecule has 0 bridgehead atoms. The van der Waals surface area contributed by atoms with Gasteiger partial charge in [-0.05, 0) is 23.8 Å². The number of aliphatic imine (C=N–C) groups is 1. The molecule has 0 spiro atoms. The van der Waals surface area contributed by atoms with Crippen LogP contribution >= 0.6 is 23.2 Å². The van der Waals surface area contributed by atoms with Crippen LogP contribution < -0.4 is 4.74 Å². The van der Waals surface area contributed by atoms with Crippen LogP contribution in [-0.2, 0) is 5.41 Å². The molecule has 1 aliphatic rings. The maximum absolute atomic E-state index is 10.8. The first-order valence-corrected chi connectivity index (χ1v) is 7.54. The van der Waals surface area contributed by atoms with Crippen LogP contribution in [0.25, 0.3) is 0 Å². The van der Waals surface area contributed by atoms with E-state index in [1.54, 1.807) is 6.07 Å². The Morgan fingerprint density at radius 3 is 2.43 bits per heavy atom. The van der Waals surface area contributed by atoms with Gasteiger partial charge >= 0.3 is 0 Å². The second kappa shape index (κ2) is 5.51. The van der Waals surface area contributed by atoms with Crippen molar-refractivity contribution in [3.8, 4) is 11.5 Å². The highest BCUT2D eigenvalue weighted by Gasteiger charge is 2.27. The van der Waals surface area contributed by atoms with Crippen LogP contribution in [-0.4, -0.2) is 11.1 Å². The zero-order valence-electron chi connectivity index (χ0n) is 12.3. The van der Waals surface area contributed by atoms with Crippen molar-refractivity contribution in [3.63, 3.8) is 0 Å². The number of non-ortho nitro benzene ring substituents is 1. The number of rotatable bonds is 3. The molecule has 5 nitrogen and oxygen atoms in total. The summed E-state index contributed by atoms with van der Waals surface area (Å²) in [5.74, 6) is 0.732. The summed E-state index contributed by atoms with van der Waals surface area (Å²) in [5.41, 5.74) is 1.56. The number of halogens is 2. The monoisotopic (exact) mass is 350 g/mol. The molecule has 0 aliphatic carbocycles. The molecule has 0 radical (unpaired) electrons. The molecule has 23 heavy (non-hydrogen) atoms. The Morgan fingerprint density at radius 2 is 1.83 bits per heavy atom. The van der Waals surface area contributed by atoms with Gasteiger partial charge in [0.05, 0.1) is 20.7 Å². The Morgan fingerprint density at radius 1 is 1.17 bits per heavy atom. The van der Waals surface area contributed by atoms with Gasteiger partial charge in [0.15, 0.2) is 5.75 Å². The fourth-order valence-corrected chi connectivity index (χ4v) is 2.93. The molecule has 3 rings (SSSR count). The van der Waals surface area contributed by atoms with Crippen molar-refractivity contribution >= 4 is 40.8 Å². The molecule has 2 aromatic rings. The summed E-state index contributed by atoms with van der Waals surface area (Å²) in [6, 6.07) is 7.90. The predicted molar refractivity (Wildman–Crippen MR) is 90.8 cm³/mol. The lowest BCUT2D eigenvalue weighted by Gasteiger charge is -2.17. The molecular formula is C16H12Cl2N2O3. The summed E-state index contributed by atoms with van der Waals surface area (Å²) < 4.78 is 5.75. The Bertz CT molecular complexity index is 824. The molecule has 0 atom stereocenters. The van der Waals surface area contributed by atoms with E-state index >= 15 is 0 Å². The summed E-state index contributed by atoms with van der Waals surface area (Å²) in [6.45, 7) is 4.11. The van der Waals surface area contributed by atoms with E-state index in [9.17, 15) is 10.1 Å². The molecule has 0 unspecified atom stereocenters. The second-order valence-electron chi connectivity index (χ2n) is 5.76. The van der Waals surface area contributed by atoms with Crippen LogP contribution in [0.4, 0.5) is 11.4 Å². The van der Waals surface area contributed by atoms with E-state index in [4.69, 9.17) is 27.9 Å². The van der Waals surface area contributed by atoms with E-state index in [0.29, 0.717) is 5.75 Å². The van der Waals surface area contributed by atoms with E-state index in [-0.39, 0.29) is 26.9 Å². The van der Waals surface area contributed by atoms with Crippen LogP contribution in [0, 0.1) is 10.1 Å². The quantitative estimate of drug-likeness (QED) is 0.527. The fourth-order valence-electron chi connectivity index (χ4n) is 2.38. The van der Waals surface area contributed by atoms with E-state index in [0.717, 1.165) is 11.3 Å². The zero-order chi connectivity index (χ0) is 16.8. The number of nitro groups is 1. The lowest BCUT2D eigenvalue weighted by Crippen LogP contribution is -2.14. The lowest BCUT2D eigenvalue weighted by molar-refractivity contribution is -0.384. The molecule has 0 N–H and O–H groups in total. The smallest absolute Gasteiger partial charge is 0.272 e. The fraction of sp³-hybridized carbons (Fsp3) is 0.188. The highest BCUT2D eigenvalue weighted by molar-refractivity contribution is 6.37. The lowest BCUT2D eigenvalue weighted by atomic mass is 9.87. The van der Waals surface area contributed by atoms with Crippen LogP contribution in [0.1, 0.15) is 19.4 Å². The van der Waals surface area contributed by atoms with Gasteiger partial charge in [-0.25, -0.2) is 0 Å². The van der Waals surface area contributed by atoms with Gasteiger partial charge in [0.1, 0.15) is 5.75 Å². The Balaban J connectivity index is 1.97. The minimum Gasteiger partial charge on any atom is -0.454 e. The maximum atomic E-state index is 10.8. The van der Waals surface area contributed by atoms with Gasteiger partial charge in [0, 0.05) is 23.8 Å². The Kier molecular flexibility index (Phi) is 3.78. The van der Waals surface area contributed by atoms with Crippen molar-refractivity contribution in [1.82, 2.24) is 0 Å². The molecule has 0 saturated heterocycles. The molecule has 1 heterocycles. The first kappa shape index (κ1) is 15.8. The van der Waals surface area contributed by atoms with Crippen molar-refractivity contribution < 1.29 is 9.66 Å². The SMILES string of the molecule is CC1(C)C=Nc2ccc(Oc3c(Cl)cc([N+](=O)[O-])cc3Cl)cc21. The number of hydrogen-bond acceptors (Lipinski definition) is 4. The first-order chi connectivity index (χ1) is 10.8. The third-order valence-electron chi connectivity index (χ3n) is 3.60. The molecule has 0 aromatic heterocycles. The van der Waals surface area contributed by atoms with E-state index in [1.807, 2.05) is 18.3 Å². The average molecular weight is 351 g/mol. The van der Waals surface area contributed by atoms with Gasteiger partial charge in [-0.15, -0.1) is 0 Å². The summed E-state index contributed by atoms with van der Waals surface area (Å²) in [6.07, 6.45) is 1.88. The van der Waals surface area contributed by atoms with E-state index < -0.39 is 4.92 Å². The van der Waals surface area contributed by atoms with Gasteiger partial charge in [-0.1, -0.05) is 37.0 Å². The number of nitrogens with zero attached hydrogens (tertiary/aromatic N) is 2. The second-order valence-corrected chi connectivity index (χ2v) is 6.57. The molecule has 7 heteroatoms. The normalized spacial score (nSPS) is 14.6. The largest absolute Gasteiger partial charge is 0.454 e. The van der Waals surface area contributed by atoms with Gasteiger partial charge in [0.2, 0.25) is 0 Å². The highest BCUT2D eigenvalue weighted by Crippen LogP contribution is 2.42. The minimum absolute atomic E-state index is 0.0835. The number of fused-ring (bicyclic) bond motifs is 1. The van der Waals surface area contributed by atoms with Crippen molar-refractivity contribution in [2.75, 3.05) is 0 Å². The van der Waals surface area contributed by atoms with Crippen molar-refractivity contribution in [2.45, 2.75) is 19.3 Å². The molecule has 118 valence electrons. The van der Waals surface area contributed by atoms with Crippen molar-refractivity contribution in [3.05, 3.63) is 56.1 Å². The molecule has 2 aromatic carbocycles. The summed E-state index contributed by atoms with van der Waals surface area (Å²) in [7, 11) is 0. The summed E-state index contributed by atoms with van der Waals surface area (Å²) >= 11 is 12.1. The molecule has 0 saturated carbocycles. The van der Waals surface area contributed by atoms with Gasteiger partial charge in [-0.2, -0.15) is 0 Å². The maximum Gasteiger partial charge on any atom is 0.272 e. The van der Waals surface area contributed by atoms with Crippen LogP contribution in [0.2, 0.25) is 10.0 Å². The first-order valence-electron chi connectivity index (χ1n) is 6.79. The third kappa shape index (κ3) is 2.90. The van der Waals surface area contributed by atoms with E-state index in [1.165, 1.54) is 12.1 Å². The van der Waals surface area contributed by atoms with Gasteiger partial charge in [0.25, 0.3) is 5.69 Å². The van der Waals surface area contributed by atoms with Crippen LogP contribution in [0.15, 0.2) is 35.3 Å². The average Bonchev–Trinajstić information content (AvgIpc) is 2.78. The third-order valence-corrected chi connectivity index (χ3v) is 4.16. The topological polar surface area (TPSA) is 64.7 Å². The highest BCUT2D eigenvalue weighted by atomic mass is 35.5. The van der Waals surface area contributed by atoms with Crippen molar-refractivity contribution in [1.29, 1.82) is 0 Å². The van der Waals surface area contributed by atoms with Gasteiger partial charge in [-0.3, -0.25) is 15.1 Å². The Labute approximate surface area is 142 Å². The summed E-state index contributed by atoms with van der Waals surface area (Å²) in [4.78, 5) is 14.6. The molecule has 0 amide bonds. The molecule has 0 fully saturated rings. The minimum atomic E-state index is -0.559. The Hall–Kier alpha value is -2.11. The van der Waals surface area contributed by atoms with Crippen LogP contribution in [0.5, 0.6) is 11.5 Å².